The van der Waals surface area contributed by atoms with Crippen LogP contribution in [0.25, 0.3) is 0 Å². The maximum atomic E-state index is 13.1. The van der Waals surface area contributed by atoms with Gasteiger partial charge >= 0.3 is 5.97 Å². The minimum Gasteiger partial charge on any atom is -0.464 e. The van der Waals surface area contributed by atoms with E-state index in [1.165, 1.54) is 7.11 Å². The van der Waals surface area contributed by atoms with Crippen molar-refractivity contribution < 1.29 is 23.9 Å². The van der Waals surface area contributed by atoms with Gasteiger partial charge < -0.3 is 19.4 Å². The van der Waals surface area contributed by atoms with Crippen LogP contribution in [0.15, 0.2) is 0 Å². The number of nitrogens with zero attached hydrogens (tertiary/aromatic N) is 2. The topological polar surface area (TPSA) is 91.9 Å². The van der Waals surface area contributed by atoms with E-state index in [9.17, 15) is 14.4 Å². The van der Waals surface area contributed by atoms with Gasteiger partial charge in [-0.3, -0.25) is 14.5 Å². The molecule has 1 amide bonds. The van der Waals surface area contributed by atoms with E-state index in [-0.39, 0.29) is 24.2 Å². The molecule has 0 spiro atoms. The number of nitrogens with one attached hydrogen (secondary N) is 1. The van der Waals surface area contributed by atoms with Crippen LogP contribution in [0.5, 0.6) is 0 Å². The number of amides is 1. The summed E-state index contributed by atoms with van der Waals surface area (Å²) in [5.41, 5.74) is 1.96. The number of morpholine rings is 1. The molecule has 1 saturated carbocycles. The number of methoxy groups -OCH3 is 1. The molecule has 8 heteroatoms. The van der Waals surface area contributed by atoms with Crippen LogP contribution < -0.4 is 0 Å². The molecule has 1 saturated heterocycles. The quantitative estimate of drug-likeness (QED) is 0.521. The van der Waals surface area contributed by atoms with E-state index in [0.29, 0.717) is 42.3 Å². The highest BCUT2D eigenvalue weighted by molar-refractivity contribution is 6.04. The Morgan fingerprint density at radius 1 is 1.21 bits per heavy atom. The zero-order chi connectivity index (χ0) is 21.0. The summed E-state index contributed by atoms with van der Waals surface area (Å²) in [6, 6.07) is 0. The van der Waals surface area contributed by atoms with Gasteiger partial charge in [0, 0.05) is 43.4 Å². The number of carbonyl (C=O) groups excluding carboxylic acids is 3. The lowest BCUT2D eigenvalue weighted by Gasteiger charge is -2.34. The van der Waals surface area contributed by atoms with Crippen LogP contribution in [0.2, 0.25) is 0 Å². The number of aromatic nitrogens is 1. The molecule has 3 rings (SSSR count). The Morgan fingerprint density at radius 3 is 2.48 bits per heavy atom. The van der Waals surface area contributed by atoms with Crippen molar-refractivity contribution in [1.82, 2.24) is 14.8 Å². The molecule has 29 heavy (non-hydrogen) atoms. The van der Waals surface area contributed by atoms with Crippen molar-refractivity contribution in [2.75, 3.05) is 53.0 Å². The molecule has 0 unspecified atom stereocenters. The highest BCUT2D eigenvalue weighted by Crippen LogP contribution is 2.28. The fourth-order valence-corrected chi connectivity index (χ4v) is 3.99. The van der Waals surface area contributed by atoms with Crippen LogP contribution in [0, 0.1) is 19.8 Å². The van der Waals surface area contributed by atoms with Crippen molar-refractivity contribution in [3.8, 4) is 0 Å². The summed E-state index contributed by atoms with van der Waals surface area (Å²) in [5, 5.41) is 0. The maximum absolute atomic E-state index is 13.1. The van der Waals surface area contributed by atoms with Gasteiger partial charge in [-0.15, -0.1) is 0 Å². The van der Waals surface area contributed by atoms with E-state index in [4.69, 9.17) is 9.47 Å². The standard InChI is InChI=1S/C21H31N3O5/c1-14-18(15(2)22-19(14)21(27)28-3)17(25)13-24(20(26)16-5-4-6-16)8-7-23-9-11-29-12-10-23/h16,22H,4-13H2,1-3H3. The van der Waals surface area contributed by atoms with Gasteiger partial charge in [0.25, 0.3) is 0 Å². The molecule has 1 N–H and O–H groups in total. The molecular formula is C21H31N3O5. The van der Waals surface area contributed by atoms with E-state index in [0.717, 1.165) is 38.9 Å². The zero-order valence-electron chi connectivity index (χ0n) is 17.6. The first-order chi connectivity index (χ1) is 13.9. The number of ketones is 1. The SMILES string of the molecule is COC(=O)c1[nH]c(C)c(C(=O)CN(CCN2CCOCC2)C(=O)C2CCC2)c1C. The molecule has 2 aliphatic rings. The molecule has 0 radical (unpaired) electrons. The third-order valence-corrected chi connectivity index (χ3v) is 6.00. The third kappa shape index (κ3) is 4.87. The summed E-state index contributed by atoms with van der Waals surface area (Å²) >= 11 is 0. The summed E-state index contributed by atoms with van der Waals surface area (Å²) in [6.45, 7) is 7.87. The number of ether oxygens (including phenoxy) is 2. The summed E-state index contributed by atoms with van der Waals surface area (Å²) in [7, 11) is 1.31. The molecule has 2 fully saturated rings. The first kappa shape index (κ1) is 21.5. The number of hydrogen-bond acceptors (Lipinski definition) is 6. The smallest absolute Gasteiger partial charge is 0.354 e. The van der Waals surface area contributed by atoms with Gasteiger partial charge in [-0.2, -0.15) is 0 Å². The molecule has 1 aromatic rings. The average Bonchev–Trinajstić information content (AvgIpc) is 2.98. The monoisotopic (exact) mass is 405 g/mol. The zero-order valence-corrected chi connectivity index (χ0v) is 17.6. The average molecular weight is 405 g/mol. The highest BCUT2D eigenvalue weighted by Gasteiger charge is 2.32. The normalized spacial score (nSPS) is 17.6. The largest absolute Gasteiger partial charge is 0.464 e. The van der Waals surface area contributed by atoms with E-state index < -0.39 is 5.97 Å². The Labute approximate surface area is 171 Å². The minimum absolute atomic E-state index is 0.0276. The second kappa shape index (κ2) is 9.54. The highest BCUT2D eigenvalue weighted by atomic mass is 16.5. The lowest BCUT2D eigenvalue weighted by Crippen LogP contribution is -2.47. The molecule has 0 aromatic carbocycles. The molecule has 1 aliphatic heterocycles. The van der Waals surface area contributed by atoms with Crippen LogP contribution in [0.1, 0.15) is 51.4 Å². The van der Waals surface area contributed by atoms with Gasteiger partial charge in [0.2, 0.25) is 5.91 Å². The van der Waals surface area contributed by atoms with Crippen LogP contribution in [-0.4, -0.2) is 85.5 Å². The number of carbonyl (C=O) groups is 3. The van der Waals surface area contributed by atoms with Crippen molar-refractivity contribution in [3.63, 3.8) is 0 Å². The van der Waals surface area contributed by atoms with Crippen LogP contribution >= 0.6 is 0 Å². The Balaban J connectivity index is 1.72. The Bertz CT molecular complexity index is 763. The van der Waals surface area contributed by atoms with Crippen molar-refractivity contribution >= 4 is 17.7 Å². The summed E-state index contributed by atoms with van der Waals surface area (Å²) in [4.78, 5) is 44.9. The Hall–Kier alpha value is -2.19. The van der Waals surface area contributed by atoms with Crippen LogP contribution in [-0.2, 0) is 14.3 Å². The van der Waals surface area contributed by atoms with E-state index in [1.54, 1.807) is 18.7 Å². The number of H-pyrrole nitrogens is 1. The first-order valence-electron chi connectivity index (χ1n) is 10.3. The van der Waals surface area contributed by atoms with Crippen molar-refractivity contribution in [1.29, 1.82) is 0 Å². The maximum Gasteiger partial charge on any atom is 0.354 e. The molecule has 1 aliphatic carbocycles. The van der Waals surface area contributed by atoms with Gasteiger partial charge in [-0.1, -0.05) is 6.42 Å². The van der Waals surface area contributed by atoms with Crippen molar-refractivity contribution in [2.45, 2.75) is 33.1 Å². The first-order valence-corrected chi connectivity index (χ1v) is 10.3. The molecule has 1 aromatic heterocycles. The number of Topliss-reactive ketones (excluding diaryl/α,β-unsaturated/α-hetero) is 1. The van der Waals surface area contributed by atoms with Gasteiger partial charge in [0.05, 0.1) is 26.9 Å². The van der Waals surface area contributed by atoms with Gasteiger partial charge in [0.15, 0.2) is 5.78 Å². The van der Waals surface area contributed by atoms with Gasteiger partial charge in [-0.25, -0.2) is 4.79 Å². The fraction of sp³-hybridized carbons (Fsp3) is 0.667. The molecule has 2 heterocycles. The fourth-order valence-electron chi connectivity index (χ4n) is 3.99. The lowest BCUT2D eigenvalue weighted by atomic mass is 9.84. The predicted octanol–water partition coefficient (Wildman–Crippen LogP) is 1.56. The minimum atomic E-state index is -0.501. The molecule has 0 bridgehead atoms. The number of esters is 1. The Kier molecular flexibility index (Phi) is 7.08. The summed E-state index contributed by atoms with van der Waals surface area (Å²) < 4.78 is 10.2. The second-order valence-corrected chi connectivity index (χ2v) is 7.88. The predicted molar refractivity (Wildman–Crippen MR) is 107 cm³/mol. The second-order valence-electron chi connectivity index (χ2n) is 7.88. The van der Waals surface area contributed by atoms with Crippen LogP contribution in [0.4, 0.5) is 0 Å². The van der Waals surface area contributed by atoms with E-state index in [1.807, 2.05) is 0 Å². The van der Waals surface area contributed by atoms with Crippen molar-refractivity contribution in [3.05, 3.63) is 22.5 Å². The number of aromatic amines is 1. The molecule has 8 nitrogen and oxygen atoms in total. The van der Waals surface area contributed by atoms with Crippen molar-refractivity contribution in [2.24, 2.45) is 5.92 Å². The molecule has 0 atom stereocenters. The Morgan fingerprint density at radius 2 is 1.90 bits per heavy atom. The van der Waals surface area contributed by atoms with E-state index in [2.05, 4.69) is 9.88 Å². The number of aryl methyl sites for hydroxylation is 1. The summed E-state index contributed by atoms with van der Waals surface area (Å²) in [6.07, 6.45) is 2.87. The van der Waals surface area contributed by atoms with Gasteiger partial charge in [-0.05, 0) is 32.3 Å². The number of rotatable bonds is 8. The van der Waals surface area contributed by atoms with E-state index >= 15 is 0 Å². The summed E-state index contributed by atoms with van der Waals surface area (Å²) in [5.74, 6) is -0.552. The van der Waals surface area contributed by atoms with Gasteiger partial charge in [0.1, 0.15) is 5.69 Å². The molecule has 160 valence electrons. The van der Waals surface area contributed by atoms with Crippen LogP contribution in [0.3, 0.4) is 0 Å². The number of hydrogen-bond donors (Lipinski definition) is 1. The third-order valence-electron chi connectivity index (χ3n) is 6.00. The lowest BCUT2D eigenvalue weighted by molar-refractivity contribution is -0.138. The molecular weight excluding hydrogens is 374 g/mol.